The van der Waals surface area contributed by atoms with Crippen molar-refractivity contribution in [3.05, 3.63) is 112 Å². The Balaban J connectivity index is 1.37. The van der Waals surface area contributed by atoms with Crippen molar-refractivity contribution in [2.24, 2.45) is 0 Å². The van der Waals surface area contributed by atoms with Gasteiger partial charge in [0.2, 0.25) is 5.43 Å². The van der Waals surface area contributed by atoms with Gasteiger partial charge >= 0.3 is 5.97 Å². The van der Waals surface area contributed by atoms with Crippen LogP contribution >= 0.6 is 0 Å². The molecule has 3 aromatic carbocycles. The number of nitrogens with zero attached hydrogens (tertiary/aromatic N) is 6. The van der Waals surface area contributed by atoms with E-state index in [-0.39, 0.29) is 11.2 Å². The predicted octanol–water partition coefficient (Wildman–Crippen LogP) is 3.93. The summed E-state index contributed by atoms with van der Waals surface area (Å²) in [5.74, 6) is -2.32. The summed E-state index contributed by atoms with van der Waals surface area (Å²) in [6, 6.07) is 16.6. The number of para-hydroxylation sites is 1. The predicted molar refractivity (Wildman–Crippen MR) is 146 cm³/mol. The lowest BCUT2D eigenvalue weighted by Gasteiger charge is -2.37. The van der Waals surface area contributed by atoms with Gasteiger partial charge in [0, 0.05) is 43.4 Å². The third kappa shape index (κ3) is 4.66. The minimum absolute atomic E-state index is 0.0298. The largest absolute Gasteiger partial charge is 0.477 e. The van der Waals surface area contributed by atoms with Crippen LogP contribution in [0.1, 0.15) is 15.9 Å². The molecular formula is C29H24F2N6O3. The van der Waals surface area contributed by atoms with Crippen molar-refractivity contribution in [1.29, 1.82) is 0 Å². The van der Waals surface area contributed by atoms with E-state index in [2.05, 4.69) is 10.1 Å². The van der Waals surface area contributed by atoms with Crippen LogP contribution in [0.5, 0.6) is 0 Å². The van der Waals surface area contributed by atoms with Crippen LogP contribution in [0, 0.1) is 11.6 Å². The minimum Gasteiger partial charge on any atom is -0.477 e. The first kappa shape index (κ1) is 25.2. The number of carboxylic acid groups (broad SMARTS) is 1. The maximum absolute atomic E-state index is 15.4. The molecule has 5 aromatic rings. The maximum Gasteiger partial charge on any atom is 0.341 e. The van der Waals surface area contributed by atoms with Gasteiger partial charge in [-0.2, -0.15) is 5.10 Å². The highest BCUT2D eigenvalue weighted by molar-refractivity contribution is 5.94. The van der Waals surface area contributed by atoms with E-state index in [9.17, 15) is 19.1 Å². The Morgan fingerprint density at radius 2 is 1.60 bits per heavy atom. The van der Waals surface area contributed by atoms with Gasteiger partial charge in [-0.3, -0.25) is 4.79 Å². The molecule has 0 radical (unpaired) electrons. The number of hydrogen-bond acceptors (Lipinski definition) is 6. The van der Waals surface area contributed by atoms with Gasteiger partial charge in [-0.15, -0.1) is 0 Å². The third-order valence-electron chi connectivity index (χ3n) is 7.14. The molecule has 3 heterocycles. The molecule has 0 atom stereocenters. The van der Waals surface area contributed by atoms with E-state index in [1.807, 2.05) is 21.9 Å². The first-order valence-electron chi connectivity index (χ1n) is 12.7. The number of carbonyl (C=O) groups is 1. The van der Waals surface area contributed by atoms with Crippen LogP contribution in [-0.4, -0.2) is 56.6 Å². The lowest BCUT2D eigenvalue weighted by atomic mass is 10.1. The number of rotatable bonds is 6. The van der Waals surface area contributed by atoms with E-state index in [0.29, 0.717) is 55.3 Å². The summed E-state index contributed by atoms with van der Waals surface area (Å²) in [5.41, 5.74) is 1.52. The Morgan fingerprint density at radius 1 is 0.900 bits per heavy atom. The highest BCUT2D eigenvalue weighted by atomic mass is 19.1. The molecule has 0 bridgehead atoms. The van der Waals surface area contributed by atoms with Gasteiger partial charge in [-0.05, 0) is 42.0 Å². The normalized spacial score (nSPS) is 13.7. The number of pyridine rings is 1. The third-order valence-corrected chi connectivity index (χ3v) is 7.14. The van der Waals surface area contributed by atoms with E-state index in [1.165, 1.54) is 18.6 Å². The molecule has 0 unspecified atom stereocenters. The quantitative estimate of drug-likeness (QED) is 0.347. The number of fused-ring (bicyclic) bond motifs is 1. The summed E-state index contributed by atoms with van der Waals surface area (Å²) < 4.78 is 33.0. The Morgan fingerprint density at radius 3 is 2.25 bits per heavy atom. The zero-order valence-electron chi connectivity index (χ0n) is 21.2. The summed E-state index contributed by atoms with van der Waals surface area (Å²) in [7, 11) is 0. The number of aromatic nitrogens is 4. The van der Waals surface area contributed by atoms with Crippen LogP contribution in [0.4, 0.5) is 20.2 Å². The smallest absolute Gasteiger partial charge is 0.341 e. The van der Waals surface area contributed by atoms with Crippen molar-refractivity contribution in [3.63, 3.8) is 0 Å². The van der Waals surface area contributed by atoms with Crippen LogP contribution in [0.3, 0.4) is 0 Å². The van der Waals surface area contributed by atoms with E-state index in [4.69, 9.17) is 0 Å². The van der Waals surface area contributed by atoms with E-state index in [0.717, 1.165) is 11.6 Å². The second-order valence-electron chi connectivity index (χ2n) is 9.55. The molecular weight excluding hydrogens is 518 g/mol. The number of benzene rings is 3. The first-order chi connectivity index (χ1) is 19.4. The van der Waals surface area contributed by atoms with Gasteiger partial charge in [0.15, 0.2) is 0 Å². The van der Waals surface area contributed by atoms with Gasteiger partial charge in [0.25, 0.3) is 0 Å². The molecule has 11 heteroatoms. The summed E-state index contributed by atoms with van der Waals surface area (Å²) in [5, 5.41) is 13.8. The van der Waals surface area contributed by atoms with Crippen molar-refractivity contribution >= 4 is 28.2 Å². The molecule has 1 aliphatic heterocycles. The molecule has 202 valence electrons. The van der Waals surface area contributed by atoms with Crippen molar-refractivity contribution in [2.45, 2.75) is 6.54 Å². The summed E-state index contributed by atoms with van der Waals surface area (Å²) in [6.45, 7) is 2.34. The molecule has 2 aromatic heterocycles. The average molecular weight is 543 g/mol. The van der Waals surface area contributed by atoms with Crippen molar-refractivity contribution in [2.75, 3.05) is 36.0 Å². The molecule has 9 nitrogen and oxygen atoms in total. The van der Waals surface area contributed by atoms with Crippen LogP contribution in [0.15, 0.2) is 84.3 Å². The second kappa shape index (κ2) is 10.3. The summed E-state index contributed by atoms with van der Waals surface area (Å²) >= 11 is 0. The fraction of sp³-hybridized carbons (Fsp3) is 0.172. The number of halogens is 2. The fourth-order valence-corrected chi connectivity index (χ4v) is 5.10. The van der Waals surface area contributed by atoms with Gasteiger partial charge in [-0.25, -0.2) is 23.2 Å². The summed E-state index contributed by atoms with van der Waals surface area (Å²) in [6.07, 6.45) is 4.33. The van der Waals surface area contributed by atoms with Crippen LogP contribution in [0.2, 0.25) is 0 Å². The number of anilines is 2. The van der Waals surface area contributed by atoms with Crippen LogP contribution < -0.4 is 15.2 Å². The molecule has 40 heavy (non-hydrogen) atoms. The van der Waals surface area contributed by atoms with Crippen LogP contribution in [-0.2, 0) is 6.54 Å². The molecule has 1 aliphatic rings. The zero-order chi connectivity index (χ0) is 27.8. The molecule has 0 aliphatic carbocycles. The molecule has 1 N–H and O–H groups in total. The molecule has 0 saturated carbocycles. The van der Waals surface area contributed by atoms with E-state index in [1.54, 1.807) is 52.0 Å². The fourth-order valence-electron chi connectivity index (χ4n) is 5.10. The number of carboxylic acids is 1. The minimum atomic E-state index is -1.39. The Kier molecular flexibility index (Phi) is 6.47. The topological polar surface area (TPSA) is 96.5 Å². The Labute approximate surface area is 227 Å². The number of aromatic carboxylic acids is 1. The Hall–Kier alpha value is -5.06. The highest BCUT2D eigenvalue weighted by Gasteiger charge is 2.24. The van der Waals surface area contributed by atoms with Crippen molar-refractivity contribution in [1.82, 2.24) is 19.3 Å². The first-order valence-corrected chi connectivity index (χ1v) is 12.7. The lowest BCUT2D eigenvalue weighted by molar-refractivity contribution is 0.0695. The van der Waals surface area contributed by atoms with E-state index < -0.39 is 22.8 Å². The van der Waals surface area contributed by atoms with Crippen molar-refractivity contribution < 1.29 is 18.7 Å². The molecule has 1 saturated heterocycles. The molecule has 1 fully saturated rings. The zero-order valence-corrected chi connectivity index (χ0v) is 21.2. The van der Waals surface area contributed by atoms with E-state index >= 15 is 4.39 Å². The van der Waals surface area contributed by atoms with Gasteiger partial charge in [0.05, 0.1) is 23.4 Å². The molecule has 6 rings (SSSR count). The van der Waals surface area contributed by atoms with Gasteiger partial charge < -0.3 is 19.5 Å². The standard InChI is InChI=1S/C29H24F2N6O3/c30-23-3-1-2-4-25(23)34-9-11-35(12-10-34)27-14-26-21(13-24(27)31)28(38)22(29(39)40)16-37(26)20-7-5-19(6-8-20)15-36-18-32-17-33-36/h1-8,13-14,16-18H,9-12,15H2,(H,39,40). The Bertz CT molecular complexity index is 1760. The van der Waals surface area contributed by atoms with Crippen molar-refractivity contribution in [3.8, 4) is 5.69 Å². The number of piperazine rings is 1. The SMILES string of the molecule is O=C(O)c1cn(-c2ccc(Cn3cncn3)cc2)c2cc(N3CCN(c4ccccc4F)CC3)c(F)cc2c1=O. The lowest BCUT2D eigenvalue weighted by Crippen LogP contribution is -2.47. The molecule has 0 spiro atoms. The molecule has 0 amide bonds. The second-order valence-corrected chi connectivity index (χ2v) is 9.55. The maximum atomic E-state index is 15.4. The summed E-state index contributed by atoms with van der Waals surface area (Å²) in [4.78, 5) is 32.6. The van der Waals surface area contributed by atoms with Crippen LogP contribution in [0.25, 0.3) is 16.6 Å². The highest BCUT2D eigenvalue weighted by Crippen LogP contribution is 2.29. The monoisotopic (exact) mass is 542 g/mol. The van der Waals surface area contributed by atoms with Gasteiger partial charge in [-0.1, -0.05) is 24.3 Å². The average Bonchev–Trinajstić information content (AvgIpc) is 3.47. The van der Waals surface area contributed by atoms with Gasteiger partial charge in [0.1, 0.15) is 29.9 Å². The number of hydrogen-bond donors (Lipinski definition) is 1.